The molecule has 0 spiro atoms. The largest absolute Gasteiger partial charge is 0.478 e. The lowest BCUT2D eigenvalue weighted by Gasteiger charge is -2.14. The van der Waals surface area contributed by atoms with Crippen LogP contribution in [0.25, 0.3) is 0 Å². The van der Waals surface area contributed by atoms with Gasteiger partial charge in [0.05, 0.1) is 11.3 Å². The second kappa shape index (κ2) is 4.70. The Kier molecular flexibility index (Phi) is 3.41. The minimum atomic E-state index is -3.14. The summed E-state index contributed by atoms with van der Waals surface area (Å²) in [4.78, 5) is 10.7. The van der Waals surface area contributed by atoms with Crippen LogP contribution in [-0.4, -0.2) is 36.1 Å². The molecule has 0 radical (unpaired) electrons. The van der Waals surface area contributed by atoms with E-state index in [9.17, 15) is 13.2 Å². The molecule has 1 atom stereocenters. The van der Waals surface area contributed by atoms with Gasteiger partial charge in [-0.25, -0.2) is 13.2 Å². The maximum absolute atomic E-state index is 11.8. The summed E-state index contributed by atoms with van der Waals surface area (Å²) in [5.74, 6) is -0.641. The van der Waals surface area contributed by atoms with Crippen LogP contribution in [0.2, 0.25) is 0 Å². The average Bonchev–Trinajstić information content (AvgIpc) is 2.52. The van der Waals surface area contributed by atoms with E-state index in [0.29, 0.717) is 13.1 Å². The number of nitrogens with zero attached hydrogens (tertiary/aromatic N) is 1. The number of carboxylic acid groups (broad SMARTS) is 1. The van der Waals surface area contributed by atoms with Crippen molar-refractivity contribution in [3.63, 3.8) is 0 Å². The van der Waals surface area contributed by atoms with E-state index in [1.807, 2.05) is 6.92 Å². The van der Waals surface area contributed by atoms with E-state index in [4.69, 9.17) is 5.11 Å². The zero-order valence-electron chi connectivity index (χ0n) is 10.0. The fourth-order valence-corrected chi connectivity index (χ4v) is 3.96. The summed E-state index contributed by atoms with van der Waals surface area (Å²) in [6.07, 6.45) is 0. The summed E-state index contributed by atoms with van der Waals surface area (Å²) in [7, 11) is -3.14. The van der Waals surface area contributed by atoms with E-state index in [1.54, 1.807) is 12.1 Å². The van der Waals surface area contributed by atoms with Crippen LogP contribution in [0, 0.1) is 5.92 Å². The standard InChI is InChI=1S/C12H15NO4S/c1-9-6-13(18(16,17)8-9)7-10-2-4-11(5-3-10)12(14)15/h2-5,9H,6-8H2,1H3,(H,14,15). The number of carbonyl (C=O) groups is 1. The molecular weight excluding hydrogens is 254 g/mol. The highest BCUT2D eigenvalue weighted by Crippen LogP contribution is 2.21. The highest BCUT2D eigenvalue weighted by Gasteiger charge is 2.33. The predicted molar refractivity (Wildman–Crippen MR) is 66.8 cm³/mol. The van der Waals surface area contributed by atoms with Crippen LogP contribution in [0.1, 0.15) is 22.8 Å². The lowest BCUT2D eigenvalue weighted by molar-refractivity contribution is 0.0697. The summed E-state index contributed by atoms with van der Waals surface area (Å²) in [5.41, 5.74) is 1.01. The van der Waals surface area contributed by atoms with Crippen molar-refractivity contribution in [2.75, 3.05) is 12.3 Å². The topological polar surface area (TPSA) is 74.7 Å². The molecule has 6 heteroatoms. The van der Waals surface area contributed by atoms with Crippen LogP contribution in [0.5, 0.6) is 0 Å². The number of carboxylic acids is 1. The van der Waals surface area contributed by atoms with E-state index >= 15 is 0 Å². The predicted octanol–water partition coefficient (Wildman–Crippen LogP) is 1.17. The Morgan fingerprint density at radius 2 is 2.00 bits per heavy atom. The molecule has 0 amide bonds. The molecule has 1 heterocycles. The fourth-order valence-electron chi connectivity index (χ4n) is 2.10. The molecule has 0 aromatic heterocycles. The third-order valence-corrected chi connectivity index (χ3v) is 5.02. The molecule has 1 N–H and O–H groups in total. The van der Waals surface area contributed by atoms with Gasteiger partial charge in [0, 0.05) is 13.1 Å². The van der Waals surface area contributed by atoms with Gasteiger partial charge in [-0.1, -0.05) is 19.1 Å². The van der Waals surface area contributed by atoms with Crippen LogP contribution in [0.4, 0.5) is 0 Å². The summed E-state index contributed by atoms with van der Waals surface area (Å²) in [6.45, 7) is 2.75. The average molecular weight is 269 g/mol. The van der Waals surface area contributed by atoms with Gasteiger partial charge in [-0.05, 0) is 23.6 Å². The van der Waals surface area contributed by atoms with Gasteiger partial charge < -0.3 is 5.11 Å². The molecule has 5 nitrogen and oxygen atoms in total. The van der Waals surface area contributed by atoms with Crippen LogP contribution in [0.15, 0.2) is 24.3 Å². The molecule has 0 saturated carbocycles. The lowest BCUT2D eigenvalue weighted by atomic mass is 10.1. The summed E-state index contributed by atoms with van der Waals surface area (Å²) in [5, 5.41) is 8.77. The quantitative estimate of drug-likeness (QED) is 0.893. The molecule has 1 aromatic rings. The van der Waals surface area contributed by atoms with Crippen LogP contribution < -0.4 is 0 Å². The molecule has 1 aromatic carbocycles. The number of aromatic carboxylic acids is 1. The first kappa shape index (κ1) is 13.0. The Morgan fingerprint density at radius 1 is 1.39 bits per heavy atom. The second-order valence-electron chi connectivity index (χ2n) is 4.68. The van der Waals surface area contributed by atoms with Crippen LogP contribution in [-0.2, 0) is 16.6 Å². The van der Waals surface area contributed by atoms with E-state index in [1.165, 1.54) is 16.4 Å². The van der Waals surface area contributed by atoms with Crippen molar-refractivity contribution in [1.29, 1.82) is 0 Å². The summed E-state index contributed by atoms with van der Waals surface area (Å²) in [6, 6.07) is 6.29. The van der Waals surface area contributed by atoms with Gasteiger partial charge in [0.25, 0.3) is 0 Å². The molecule has 18 heavy (non-hydrogen) atoms. The van der Waals surface area contributed by atoms with Gasteiger partial charge in [0.2, 0.25) is 10.0 Å². The maximum Gasteiger partial charge on any atom is 0.335 e. The number of hydrogen-bond donors (Lipinski definition) is 1. The number of hydrogen-bond acceptors (Lipinski definition) is 3. The van der Waals surface area contributed by atoms with Crippen molar-refractivity contribution in [3.05, 3.63) is 35.4 Å². The van der Waals surface area contributed by atoms with Crippen LogP contribution >= 0.6 is 0 Å². The summed E-state index contributed by atoms with van der Waals surface area (Å²) < 4.78 is 25.0. The fraction of sp³-hybridized carbons (Fsp3) is 0.417. The number of sulfonamides is 1. The van der Waals surface area contributed by atoms with Gasteiger partial charge in [-0.15, -0.1) is 0 Å². The molecule has 1 saturated heterocycles. The summed E-state index contributed by atoms with van der Waals surface area (Å²) >= 11 is 0. The van der Waals surface area contributed by atoms with Crippen LogP contribution in [0.3, 0.4) is 0 Å². The Hall–Kier alpha value is -1.40. The minimum absolute atomic E-state index is 0.147. The van der Waals surface area contributed by atoms with E-state index < -0.39 is 16.0 Å². The molecular formula is C12H15NO4S. The van der Waals surface area contributed by atoms with Crippen molar-refractivity contribution in [1.82, 2.24) is 4.31 Å². The molecule has 0 aliphatic carbocycles. The van der Waals surface area contributed by atoms with Crippen molar-refractivity contribution >= 4 is 16.0 Å². The number of rotatable bonds is 3. The zero-order chi connectivity index (χ0) is 13.3. The maximum atomic E-state index is 11.8. The molecule has 1 unspecified atom stereocenters. The molecule has 2 rings (SSSR count). The Labute approximate surface area is 106 Å². The molecule has 1 aliphatic heterocycles. The first-order valence-corrected chi connectivity index (χ1v) is 7.29. The SMILES string of the molecule is CC1CN(Cc2ccc(C(=O)O)cc2)S(=O)(=O)C1. The van der Waals surface area contributed by atoms with Crippen molar-refractivity contribution in [2.45, 2.75) is 13.5 Å². The normalized spacial score (nSPS) is 23.1. The van der Waals surface area contributed by atoms with Gasteiger partial charge in [-0.3, -0.25) is 0 Å². The van der Waals surface area contributed by atoms with Gasteiger partial charge in [0.15, 0.2) is 0 Å². The Morgan fingerprint density at radius 3 is 2.44 bits per heavy atom. The third kappa shape index (κ3) is 2.70. The Bertz CT molecular complexity index is 550. The minimum Gasteiger partial charge on any atom is -0.478 e. The van der Waals surface area contributed by atoms with Crippen molar-refractivity contribution < 1.29 is 18.3 Å². The first-order chi connectivity index (χ1) is 8.38. The highest BCUT2D eigenvalue weighted by molar-refractivity contribution is 7.89. The number of benzene rings is 1. The Balaban J connectivity index is 2.13. The van der Waals surface area contributed by atoms with Gasteiger partial charge >= 0.3 is 5.97 Å². The second-order valence-corrected chi connectivity index (χ2v) is 6.69. The molecule has 1 fully saturated rings. The zero-order valence-corrected chi connectivity index (χ0v) is 10.9. The lowest BCUT2D eigenvalue weighted by Crippen LogP contribution is -2.25. The van der Waals surface area contributed by atoms with Gasteiger partial charge in [0.1, 0.15) is 0 Å². The monoisotopic (exact) mass is 269 g/mol. The first-order valence-electron chi connectivity index (χ1n) is 5.68. The van der Waals surface area contributed by atoms with Gasteiger partial charge in [-0.2, -0.15) is 4.31 Å². The molecule has 0 bridgehead atoms. The third-order valence-electron chi connectivity index (χ3n) is 2.96. The smallest absolute Gasteiger partial charge is 0.335 e. The van der Waals surface area contributed by atoms with E-state index in [2.05, 4.69) is 0 Å². The highest BCUT2D eigenvalue weighted by atomic mass is 32.2. The van der Waals surface area contributed by atoms with Crippen molar-refractivity contribution in [3.8, 4) is 0 Å². The van der Waals surface area contributed by atoms with E-state index in [0.717, 1.165) is 5.56 Å². The van der Waals surface area contributed by atoms with E-state index in [-0.39, 0.29) is 17.2 Å². The molecule has 1 aliphatic rings. The van der Waals surface area contributed by atoms with Crippen molar-refractivity contribution in [2.24, 2.45) is 5.92 Å². The molecule has 98 valence electrons.